The molecular weight excluding hydrogens is 354 g/mol. The SMILES string of the molecule is Cl.O=C(CN1CCNCC12CCCCC2)N1CCSc2ccccc21. The molecule has 0 atom stereocenters. The van der Waals surface area contributed by atoms with E-state index in [1.807, 2.05) is 22.7 Å². The van der Waals surface area contributed by atoms with Crippen molar-refractivity contribution in [2.45, 2.75) is 42.5 Å². The number of piperazine rings is 1. The zero-order chi connectivity index (χ0) is 16.4. The minimum atomic E-state index is 0. The molecule has 1 aliphatic carbocycles. The molecule has 6 heteroatoms. The molecule has 25 heavy (non-hydrogen) atoms. The van der Waals surface area contributed by atoms with Gasteiger partial charge < -0.3 is 10.2 Å². The molecule has 0 radical (unpaired) electrons. The summed E-state index contributed by atoms with van der Waals surface area (Å²) in [6.07, 6.45) is 6.42. The molecule has 2 heterocycles. The first-order valence-corrected chi connectivity index (χ1v) is 10.3. The molecule has 0 aromatic heterocycles. The van der Waals surface area contributed by atoms with Crippen molar-refractivity contribution in [3.05, 3.63) is 24.3 Å². The lowest BCUT2D eigenvalue weighted by Crippen LogP contribution is -2.63. The maximum Gasteiger partial charge on any atom is 0.241 e. The number of benzene rings is 1. The molecule has 2 aliphatic heterocycles. The third-order valence-corrected chi connectivity index (χ3v) is 6.87. The number of para-hydroxylation sites is 1. The Balaban J connectivity index is 0.00000182. The summed E-state index contributed by atoms with van der Waals surface area (Å²) in [5.41, 5.74) is 1.32. The predicted octanol–water partition coefficient (Wildman–Crippen LogP) is 3.16. The van der Waals surface area contributed by atoms with Gasteiger partial charge in [0.2, 0.25) is 5.91 Å². The van der Waals surface area contributed by atoms with E-state index in [1.54, 1.807) is 0 Å². The normalized spacial score (nSPS) is 23.0. The van der Waals surface area contributed by atoms with E-state index in [0.717, 1.165) is 37.6 Å². The predicted molar refractivity (Wildman–Crippen MR) is 107 cm³/mol. The molecule has 138 valence electrons. The number of thioether (sulfide) groups is 1. The molecule has 2 fully saturated rings. The Bertz CT molecular complexity index is 598. The molecule has 1 aromatic carbocycles. The van der Waals surface area contributed by atoms with Gasteiger partial charge in [0.15, 0.2) is 0 Å². The maximum absolute atomic E-state index is 13.1. The van der Waals surface area contributed by atoms with Crippen molar-refractivity contribution in [2.24, 2.45) is 0 Å². The van der Waals surface area contributed by atoms with Gasteiger partial charge in [-0.2, -0.15) is 0 Å². The zero-order valence-electron chi connectivity index (χ0n) is 14.7. The molecule has 1 amide bonds. The van der Waals surface area contributed by atoms with Gasteiger partial charge >= 0.3 is 0 Å². The number of nitrogens with zero attached hydrogens (tertiary/aromatic N) is 2. The first kappa shape index (κ1) is 19.0. The van der Waals surface area contributed by atoms with Crippen molar-refractivity contribution in [2.75, 3.05) is 43.4 Å². The average molecular weight is 382 g/mol. The van der Waals surface area contributed by atoms with Crippen LogP contribution in [0.5, 0.6) is 0 Å². The van der Waals surface area contributed by atoms with E-state index >= 15 is 0 Å². The Labute approximate surface area is 161 Å². The van der Waals surface area contributed by atoms with Crippen LogP contribution in [-0.4, -0.2) is 54.8 Å². The summed E-state index contributed by atoms with van der Waals surface area (Å²) < 4.78 is 0. The first-order valence-electron chi connectivity index (χ1n) is 9.27. The monoisotopic (exact) mass is 381 g/mol. The Hall–Kier alpha value is -0.750. The largest absolute Gasteiger partial charge is 0.314 e. The van der Waals surface area contributed by atoms with Crippen LogP contribution in [0.1, 0.15) is 32.1 Å². The Morgan fingerprint density at radius 2 is 1.96 bits per heavy atom. The van der Waals surface area contributed by atoms with E-state index in [0.29, 0.717) is 6.54 Å². The van der Waals surface area contributed by atoms with Crippen LogP contribution in [0.2, 0.25) is 0 Å². The van der Waals surface area contributed by atoms with Gasteiger partial charge in [0.1, 0.15) is 0 Å². The maximum atomic E-state index is 13.1. The number of amides is 1. The number of hydrogen-bond acceptors (Lipinski definition) is 4. The van der Waals surface area contributed by atoms with Gasteiger partial charge in [-0.3, -0.25) is 9.69 Å². The second kappa shape index (κ2) is 8.30. The van der Waals surface area contributed by atoms with Gasteiger partial charge in [-0.05, 0) is 25.0 Å². The van der Waals surface area contributed by atoms with E-state index in [2.05, 4.69) is 28.4 Å². The molecular formula is C19H28ClN3OS. The fraction of sp³-hybridized carbons (Fsp3) is 0.632. The minimum Gasteiger partial charge on any atom is -0.314 e. The first-order chi connectivity index (χ1) is 11.8. The lowest BCUT2D eigenvalue weighted by atomic mass is 9.79. The fourth-order valence-electron chi connectivity index (χ4n) is 4.51. The van der Waals surface area contributed by atoms with Gasteiger partial charge in [0.25, 0.3) is 0 Å². The van der Waals surface area contributed by atoms with E-state index in [9.17, 15) is 4.79 Å². The van der Waals surface area contributed by atoms with Crippen molar-refractivity contribution in [1.82, 2.24) is 10.2 Å². The average Bonchev–Trinajstić information content (AvgIpc) is 2.64. The summed E-state index contributed by atoms with van der Waals surface area (Å²) in [5.74, 6) is 1.27. The number of carbonyl (C=O) groups is 1. The van der Waals surface area contributed by atoms with Crippen LogP contribution in [0.15, 0.2) is 29.2 Å². The molecule has 1 N–H and O–H groups in total. The van der Waals surface area contributed by atoms with Crippen molar-refractivity contribution in [3.63, 3.8) is 0 Å². The van der Waals surface area contributed by atoms with Gasteiger partial charge in [0.05, 0.1) is 12.2 Å². The number of halogens is 1. The quantitative estimate of drug-likeness (QED) is 0.853. The van der Waals surface area contributed by atoms with E-state index in [4.69, 9.17) is 0 Å². The molecule has 1 spiro atoms. The van der Waals surface area contributed by atoms with E-state index in [-0.39, 0.29) is 23.9 Å². The standard InChI is InChI=1S/C19H27N3OS.ClH/c23-18(22-12-13-24-17-7-3-2-6-16(17)22)14-21-11-10-20-15-19(21)8-4-1-5-9-19;/h2-3,6-7,20H,1,4-5,8-15H2;1H. The molecule has 1 aromatic rings. The van der Waals surface area contributed by atoms with Crippen LogP contribution in [0, 0.1) is 0 Å². The Morgan fingerprint density at radius 1 is 1.16 bits per heavy atom. The number of nitrogens with one attached hydrogen (secondary N) is 1. The van der Waals surface area contributed by atoms with Gasteiger partial charge in [-0.25, -0.2) is 0 Å². The molecule has 0 bridgehead atoms. The number of hydrogen-bond donors (Lipinski definition) is 1. The highest BCUT2D eigenvalue weighted by atomic mass is 35.5. The zero-order valence-corrected chi connectivity index (χ0v) is 16.3. The number of rotatable bonds is 2. The highest BCUT2D eigenvalue weighted by molar-refractivity contribution is 7.99. The summed E-state index contributed by atoms with van der Waals surface area (Å²) in [5, 5.41) is 3.57. The lowest BCUT2D eigenvalue weighted by Gasteiger charge is -2.50. The van der Waals surface area contributed by atoms with E-state index < -0.39 is 0 Å². The summed E-state index contributed by atoms with van der Waals surface area (Å²) in [6.45, 7) is 4.45. The molecule has 1 saturated carbocycles. The molecule has 4 nitrogen and oxygen atoms in total. The Kier molecular flexibility index (Phi) is 6.31. The van der Waals surface area contributed by atoms with Crippen LogP contribution in [-0.2, 0) is 4.79 Å². The third-order valence-electron chi connectivity index (χ3n) is 5.82. The topological polar surface area (TPSA) is 35.6 Å². The smallest absolute Gasteiger partial charge is 0.241 e. The second-order valence-corrected chi connectivity index (χ2v) is 8.38. The van der Waals surface area contributed by atoms with Crippen LogP contribution < -0.4 is 10.2 Å². The van der Waals surface area contributed by atoms with Gasteiger partial charge in [-0.1, -0.05) is 31.4 Å². The van der Waals surface area contributed by atoms with Gasteiger partial charge in [-0.15, -0.1) is 24.2 Å². The highest BCUT2D eigenvalue weighted by Gasteiger charge is 2.41. The lowest BCUT2D eigenvalue weighted by molar-refractivity contribution is -0.122. The number of fused-ring (bicyclic) bond motifs is 1. The van der Waals surface area contributed by atoms with Crippen molar-refractivity contribution >= 4 is 35.8 Å². The third kappa shape index (κ3) is 3.85. The second-order valence-electron chi connectivity index (χ2n) is 7.24. The molecule has 4 rings (SSSR count). The molecule has 1 saturated heterocycles. The van der Waals surface area contributed by atoms with Crippen molar-refractivity contribution < 1.29 is 4.79 Å². The van der Waals surface area contributed by atoms with Crippen LogP contribution in [0.25, 0.3) is 0 Å². The summed E-state index contributed by atoms with van der Waals surface area (Å²) >= 11 is 1.86. The number of carbonyl (C=O) groups excluding carboxylic acids is 1. The van der Waals surface area contributed by atoms with Crippen molar-refractivity contribution in [1.29, 1.82) is 0 Å². The molecule has 3 aliphatic rings. The van der Waals surface area contributed by atoms with Crippen molar-refractivity contribution in [3.8, 4) is 0 Å². The van der Waals surface area contributed by atoms with Crippen LogP contribution in [0.4, 0.5) is 5.69 Å². The highest BCUT2D eigenvalue weighted by Crippen LogP contribution is 2.36. The summed E-state index contributed by atoms with van der Waals surface area (Å²) in [4.78, 5) is 18.9. The Morgan fingerprint density at radius 3 is 2.80 bits per heavy atom. The van der Waals surface area contributed by atoms with Gasteiger partial charge in [0, 0.05) is 42.4 Å². The number of anilines is 1. The van der Waals surface area contributed by atoms with Crippen LogP contribution in [0.3, 0.4) is 0 Å². The van der Waals surface area contributed by atoms with Crippen LogP contribution >= 0.6 is 24.2 Å². The summed E-state index contributed by atoms with van der Waals surface area (Å²) in [7, 11) is 0. The minimum absolute atomic E-state index is 0. The fourth-order valence-corrected chi connectivity index (χ4v) is 5.51. The van der Waals surface area contributed by atoms with E-state index in [1.165, 1.54) is 37.0 Å². The summed E-state index contributed by atoms with van der Waals surface area (Å²) in [6, 6.07) is 8.33. The molecule has 0 unspecified atom stereocenters.